The van der Waals surface area contributed by atoms with Gasteiger partial charge in [0.15, 0.2) is 0 Å². The minimum atomic E-state index is -4.21. The fourth-order valence-corrected chi connectivity index (χ4v) is 6.31. The van der Waals surface area contributed by atoms with Crippen LogP contribution in [0.1, 0.15) is 72.0 Å². The van der Waals surface area contributed by atoms with Crippen molar-refractivity contribution < 1.29 is 32.3 Å². The molecule has 3 fully saturated rings. The van der Waals surface area contributed by atoms with Crippen molar-refractivity contribution in [2.45, 2.75) is 81.7 Å². The molecule has 0 spiro atoms. The number of carbonyl (C=O) groups excluding carboxylic acids is 3. The fourth-order valence-electron chi connectivity index (χ4n) is 6.31. The van der Waals surface area contributed by atoms with Crippen molar-refractivity contribution in [1.82, 2.24) is 15.1 Å². The van der Waals surface area contributed by atoms with E-state index in [4.69, 9.17) is 4.74 Å². The molecule has 3 aliphatic heterocycles. The van der Waals surface area contributed by atoms with E-state index in [1.165, 1.54) is 4.90 Å². The molecule has 0 aromatic heterocycles. The number of hydrogen-bond acceptors (Lipinski definition) is 5. The number of ether oxygens (including phenoxy) is 1. The number of carbonyl (C=O) groups is 3. The average molecular weight is 556 g/mol. The number of nitrogens with one attached hydrogen (secondary N) is 1. The smallest absolute Gasteiger partial charge is 0.398 e. The number of alkyl halides is 3. The van der Waals surface area contributed by atoms with Gasteiger partial charge < -0.3 is 9.64 Å². The minimum absolute atomic E-state index is 0.160. The van der Waals surface area contributed by atoms with E-state index in [0.717, 1.165) is 36.9 Å². The summed E-state index contributed by atoms with van der Waals surface area (Å²) in [4.78, 5) is 40.6. The van der Waals surface area contributed by atoms with Crippen molar-refractivity contribution in [1.29, 1.82) is 0 Å². The van der Waals surface area contributed by atoms with Crippen LogP contribution in [0, 0.1) is 0 Å². The van der Waals surface area contributed by atoms with Gasteiger partial charge in [-0.2, -0.15) is 13.2 Å². The van der Waals surface area contributed by atoms with E-state index in [1.54, 1.807) is 24.3 Å². The van der Waals surface area contributed by atoms with Crippen molar-refractivity contribution in [3.63, 3.8) is 0 Å². The van der Waals surface area contributed by atoms with E-state index < -0.39 is 23.5 Å². The first kappa shape index (κ1) is 26.8. The van der Waals surface area contributed by atoms with Gasteiger partial charge in [0.2, 0.25) is 11.8 Å². The number of imide groups is 1. The van der Waals surface area contributed by atoms with Gasteiger partial charge in [0.1, 0.15) is 18.4 Å². The lowest BCUT2D eigenvalue weighted by molar-refractivity contribution is -0.160. The highest BCUT2D eigenvalue weighted by Crippen LogP contribution is 2.58. The SMILES string of the molecule is O=C1CCC(N2Cc3cc(OCC4CCCCN4Cc4ccc(C5(C(F)(F)F)CC5)cc4)ccc3C2=O)C(=O)N1. The number of nitrogens with zero attached hydrogens (tertiary/aromatic N) is 2. The van der Waals surface area contributed by atoms with Gasteiger partial charge >= 0.3 is 6.18 Å². The summed E-state index contributed by atoms with van der Waals surface area (Å²) in [6.07, 6.45) is -0.265. The lowest BCUT2D eigenvalue weighted by atomic mass is 9.94. The van der Waals surface area contributed by atoms with Gasteiger partial charge in [0.25, 0.3) is 5.91 Å². The first-order chi connectivity index (χ1) is 19.1. The summed E-state index contributed by atoms with van der Waals surface area (Å²) in [7, 11) is 0. The van der Waals surface area contributed by atoms with E-state index in [0.29, 0.717) is 43.0 Å². The van der Waals surface area contributed by atoms with Crippen LogP contribution in [0.25, 0.3) is 0 Å². The molecule has 6 rings (SSSR count). The Morgan fingerprint density at radius 2 is 1.77 bits per heavy atom. The standard InChI is InChI=1S/C30H32F3N3O4/c31-30(32,33)29(12-13-29)21-6-4-19(5-7-21)16-35-14-2-1-3-22(35)18-40-23-8-9-24-20(15-23)17-36(28(24)39)25-10-11-26(37)34-27(25)38/h4-9,15,22,25H,1-3,10-14,16-18H2,(H,34,37,38). The van der Waals surface area contributed by atoms with Crippen molar-refractivity contribution >= 4 is 17.7 Å². The second-order valence-electron chi connectivity index (χ2n) is 11.4. The van der Waals surface area contributed by atoms with Gasteiger partial charge in [0, 0.05) is 31.1 Å². The molecule has 0 radical (unpaired) electrons. The van der Waals surface area contributed by atoms with Crippen LogP contribution in [0.15, 0.2) is 42.5 Å². The molecule has 2 saturated heterocycles. The maximum atomic E-state index is 13.5. The predicted molar refractivity (Wildman–Crippen MR) is 139 cm³/mol. The summed E-state index contributed by atoms with van der Waals surface area (Å²) in [5, 5.41) is 2.31. The molecule has 4 aliphatic rings. The molecular formula is C30H32F3N3O4. The first-order valence-corrected chi connectivity index (χ1v) is 14.0. The summed E-state index contributed by atoms with van der Waals surface area (Å²) in [5.41, 5.74) is 1.01. The Labute approximate surface area is 230 Å². The Bertz CT molecular complexity index is 1320. The van der Waals surface area contributed by atoms with E-state index in [1.807, 2.05) is 18.2 Å². The van der Waals surface area contributed by atoms with E-state index in [-0.39, 0.29) is 37.1 Å². The molecule has 0 bridgehead atoms. The van der Waals surface area contributed by atoms with Gasteiger partial charge in [-0.05, 0) is 73.5 Å². The van der Waals surface area contributed by atoms with Crippen LogP contribution in [-0.4, -0.2) is 58.9 Å². The molecule has 1 N–H and O–H groups in total. The Balaban J connectivity index is 1.08. The van der Waals surface area contributed by atoms with Gasteiger partial charge in [0.05, 0.1) is 5.41 Å². The highest BCUT2D eigenvalue weighted by atomic mass is 19.4. The molecule has 2 atom stereocenters. The molecule has 40 heavy (non-hydrogen) atoms. The van der Waals surface area contributed by atoms with E-state index in [9.17, 15) is 27.6 Å². The number of amides is 3. The fraction of sp³-hybridized carbons (Fsp3) is 0.500. The third kappa shape index (κ3) is 4.98. The molecule has 212 valence electrons. The highest BCUT2D eigenvalue weighted by Gasteiger charge is 2.64. The zero-order valence-electron chi connectivity index (χ0n) is 22.1. The molecule has 2 aromatic carbocycles. The second kappa shape index (κ2) is 10.2. The Morgan fingerprint density at radius 3 is 2.48 bits per heavy atom. The van der Waals surface area contributed by atoms with Crippen molar-refractivity contribution in [2.75, 3.05) is 13.2 Å². The molecular weight excluding hydrogens is 523 g/mol. The summed E-state index contributed by atoms with van der Waals surface area (Å²) >= 11 is 0. The summed E-state index contributed by atoms with van der Waals surface area (Å²) in [6, 6.07) is 11.8. The Kier molecular flexibility index (Phi) is 6.84. The molecule has 1 aliphatic carbocycles. The first-order valence-electron chi connectivity index (χ1n) is 14.0. The van der Waals surface area contributed by atoms with Crippen LogP contribution >= 0.6 is 0 Å². The third-order valence-electron chi connectivity index (χ3n) is 8.87. The van der Waals surface area contributed by atoms with Gasteiger partial charge in [-0.1, -0.05) is 30.7 Å². The zero-order valence-corrected chi connectivity index (χ0v) is 22.1. The van der Waals surface area contributed by atoms with Crippen LogP contribution in [0.5, 0.6) is 5.75 Å². The number of rotatable bonds is 7. The number of halogens is 3. The summed E-state index contributed by atoms with van der Waals surface area (Å²) in [5.74, 6) is -0.326. The molecule has 7 nitrogen and oxygen atoms in total. The van der Waals surface area contributed by atoms with E-state index in [2.05, 4.69) is 10.2 Å². The largest absolute Gasteiger partial charge is 0.492 e. The molecule has 1 saturated carbocycles. The third-order valence-corrected chi connectivity index (χ3v) is 8.87. The molecule has 2 aromatic rings. The Morgan fingerprint density at radius 1 is 1.00 bits per heavy atom. The molecule has 3 heterocycles. The summed E-state index contributed by atoms with van der Waals surface area (Å²) in [6.45, 7) is 2.28. The number of fused-ring (bicyclic) bond motifs is 1. The van der Waals surface area contributed by atoms with Crippen molar-refractivity contribution in [3.8, 4) is 5.75 Å². The van der Waals surface area contributed by atoms with Crippen molar-refractivity contribution in [2.24, 2.45) is 0 Å². The monoisotopic (exact) mass is 555 g/mol. The predicted octanol–water partition coefficient (Wildman–Crippen LogP) is 4.48. The van der Waals surface area contributed by atoms with Crippen LogP contribution in [-0.2, 0) is 28.1 Å². The Hall–Kier alpha value is -3.40. The second-order valence-corrected chi connectivity index (χ2v) is 11.4. The molecule has 10 heteroatoms. The molecule has 2 unspecified atom stereocenters. The van der Waals surface area contributed by atoms with Gasteiger partial charge in [-0.3, -0.25) is 24.6 Å². The lowest BCUT2D eigenvalue weighted by Gasteiger charge is -2.35. The van der Waals surface area contributed by atoms with Gasteiger partial charge in [-0.15, -0.1) is 0 Å². The number of hydrogen-bond donors (Lipinski definition) is 1. The van der Waals surface area contributed by atoms with Crippen molar-refractivity contribution in [3.05, 3.63) is 64.7 Å². The van der Waals surface area contributed by atoms with Crippen LogP contribution in [0.4, 0.5) is 13.2 Å². The number of benzene rings is 2. The van der Waals surface area contributed by atoms with Gasteiger partial charge in [-0.25, -0.2) is 0 Å². The minimum Gasteiger partial charge on any atom is -0.492 e. The maximum Gasteiger partial charge on any atom is 0.398 e. The topological polar surface area (TPSA) is 79.0 Å². The lowest BCUT2D eigenvalue weighted by Crippen LogP contribution is -2.52. The van der Waals surface area contributed by atoms with Crippen LogP contribution < -0.4 is 10.1 Å². The van der Waals surface area contributed by atoms with E-state index >= 15 is 0 Å². The number of piperidine rings is 2. The summed E-state index contributed by atoms with van der Waals surface area (Å²) < 4.78 is 46.6. The normalized spacial score (nSPS) is 24.6. The maximum absolute atomic E-state index is 13.5. The molecule has 3 amide bonds. The van der Waals surface area contributed by atoms with Crippen LogP contribution in [0.2, 0.25) is 0 Å². The number of likely N-dealkylation sites (tertiary alicyclic amines) is 1. The quantitative estimate of drug-likeness (QED) is 0.510. The average Bonchev–Trinajstić information content (AvgIpc) is 3.69. The highest BCUT2D eigenvalue weighted by molar-refractivity contribution is 6.05. The van der Waals surface area contributed by atoms with Crippen LogP contribution in [0.3, 0.4) is 0 Å². The zero-order chi connectivity index (χ0) is 28.1.